The summed E-state index contributed by atoms with van der Waals surface area (Å²) in [5, 5.41) is 10.9. The molecule has 0 amide bonds. The summed E-state index contributed by atoms with van der Waals surface area (Å²) in [6.07, 6.45) is 12.1. The van der Waals surface area contributed by atoms with E-state index < -0.39 is 0 Å². The summed E-state index contributed by atoms with van der Waals surface area (Å²) in [4.78, 5) is 13.3. The molecule has 4 saturated carbocycles. The Bertz CT molecular complexity index is 910. The molecular formula is C31H48O2. The lowest BCUT2D eigenvalue weighted by Gasteiger charge is -2.72. The number of aliphatic hydroxyl groups excluding tert-OH is 1. The van der Waals surface area contributed by atoms with Crippen molar-refractivity contribution in [1.82, 2.24) is 0 Å². The first kappa shape index (κ1) is 23.8. The van der Waals surface area contributed by atoms with Crippen molar-refractivity contribution < 1.29 is 9.90 Å². The van der Waals surface area contributed by atoms with Gasteiger partial charge >= 0.3 is 0 Å². The second-order valence-corrected chi connectivity index (χ2v) is 14.4. The summed E-state index contributed by atoms with van der Waals surface area (Å²) < 4.78 is 0. The number of fused-ring (bicyclic) bond motifs is 7. The predicted molar refractivity (Wildman–Crippen MR) is 136 cm³/mol. The summed E-state index contributed by atoms with van der Waals surface area (Å²) in [6, 6.07) is 0. The number of carbonyl (C=O) groups is 1. The van der Waals surface area contributed by atoms with Gasteiger partial charge in [0, 0.05) is 11.8 Å². The molecule has 8 atom stereocenters. The monoisotopic (exact) mass is 452 g/mol. The number of Topliss-reactive ketones (excluding diaryl/α,β-unsaturated/α-hetero) is 1. The van der Waals surface area contributed by atoms with E-state index in [9.17, 15) is 9.90 Å². The SMILES string of the molecule is C=C[C@@]12CC[C@]3(C)[C@H](CC[C@@H]4[C@@]5(C)CC[C@H](O)C(C)(C)[C@H]5CC[C@]43C)C1=C(C(C)C)C(=O)C2. The maximum absolute atomic E-state index is 13.3. The summed E-state index contributed by atoms with van der Waals surface area (Å²) in [6.45, 7) is 21.2. The lowest BCUT2D eigenvalue weighted by molar-refractivity contribution is -0.227. The van der Waals surface area contributed by atoms with Crippen LogP contribution < -0.4 is 0 Å². The van der Waals surface area contributed by atoms with Gasteiger partial charge in [-0.1, -0.05) is 54.5 Å². The van der Waals surface area contributed by atoms with Gasteiger partial charge in [0.05, 0.1) is 6.10 Å². The van der Waals surface area contributed by atoms with Crippen LogP contribution in [0.3, 0.4) is 0 Å². The largest absolute Gasteiger partial charge is 0.393 e. The zero-order chi connectivity index (χ0) is 24.2. The minimum Gasteiger partial charge on any atom is -0.393 e. The average Bonchev–Trinajstić information content (AvgIpc) is 3.04. The van der Waals surface area contributed by atoms with E-state index >= 15 is 0 Å². The summed E-state index contributed by atoms with van der Waals surface area (Å²) in [5.41, 5.74) is 3.42. The van der Waals surface area contributed by atoms with Crippen molar-refractivity contribution in [2.24, 2.45) is 50.7 Å². The van der Waals surface area contributed by atoms with Crippen LogP contribution in [0.4, 0.5) is 0 Å². The summed E-state index contributed by atoms with van der Waals surface area (Å²) in [5.74, 6) is 2.51. The summed E-state index contributed by atoms with van der Waals surface area (Å²) in [7, 11) is 0. The molecule has 5 aliphatic carbocycles. The molecule has 5 aliphatic rings. The van der Waals surface area contributed by atoms with Crippen molar-refractivity contribution in [3.8, 4) is 0 Å². The fourth-order valence-corrected chi connectivity index (χ4v) is 10.9. The second kappa shape index (κ2) is 7.08. The Hall–Kier alpha value is -0.890. The molecule has 0 unspecified atom stereocenters. The van der Waals surface area contributed by atoms with Crippen LogP contribution in [0.25, 0.3) is 0 Å². The fraction of sp³-hybridized carbons (Fsp3) is 0.839. The molecule has 0 aromatic carbocycles. The van der Waals surface area contributed by atoms with Gasteiger partial charge in [0.1, 0.15) is 0 Å². The highest BCUT2D eigenvalue weighted by atomic mass is 16.3. The quantitative estimate of drug-likeness (QED) is 0.440. The topological polar surface area (TPSA) is 37.3 Å². The molecule has 0 heterocycles. The van der Waals surface area contributed by atoms with Crippen LogP contribution in [0.5, 0.6) is 0 Å². The van der Waals surface area contributed by atoms with Gasteiger partial charge in [0.25, 0.3) is 0 Å². The number of ketones is 1. The molecule has 2 heteroatoms. The van der Waals surface area contributed by atoms with E-state index in [1.165, 1.54) is 37.7 Å². The molecule has 5 rings (SSSR count). The van der Waals surface area contributed by atoms with Gasteiger partial charge in [-0.2, -0.15) is 0 Å². The predicted octanol–water partition coefficient (Wildman–Crippen LogP) is 7.51. The van der Waals surface area contributed by atoms with Crippen LogP contribution in [-0.2, 0) is 4.79 Å². The minimum absolute atomic E-state index is 0.00184. The van der Waals surface area contributed by atoms with E-state index in [0.29, 0.717) is 41.3 Å². The Balaban J connectivity index is 1.61. The Morgan fingerprint density at radius 3 is 2.24 bits per heavy atom. The molecule has 0 aliphatic heterocycles. The number of hydrogen-bond donors (Lipinski definition) is 1. The lowest BCUT2D eigenvalue weighted by Crippen LogP contribution is -2.65. The van der Waals surface area contributed by atoms with E-state index in [1.807, 2.05) is 0 Å². The Kier molecular flexibility index (Phi) is 5.11. The summed E-state index contributed by atoms with van der Waals surface area (Å²) >= 11 is 0. The normalized spacial score (nSPS) is 51.0. The molecule has 2 nitrogen and oxygen atoms in total. The third-order valence-corrected chi connectivity index (χ3v) is 12.9. The molecule has 1 N–H and O–H groups in total. The molecule has 0 radical (unpaired) electrons. The highest BCUT2D eigenvalue weighted by Crippen LogP contribution is 2.76. The zero-order valence-corrected chi connectivity index (χ0v) is 22.4. The van der Waals surface area contributed by atoms with Crippen molar-refractivity contribution in [1.29, 1.82) is 0 Å². The van der Waals surface area contributed by atoms with Crippen molar-refractivity contribution in [3.63, 3.8) is 0 Å². The maximum atomic E-state index is 13.3. The zero-order valence-electron chi connectivity index (χ0n) is 22.4. The van der Waals surface area contributed by atoms with Crippen molar-refractivity contribution in [2.45, 2.75) is 112 Å². The second-order valence-electron chi connectivity index (χ2n) is 14.4. The van der Waals surface area contributed by atoms with E-state index in [1.54, 1.807) is 0 Å². The Morgan fingerprint density at radius 2 is 1.61 bits per heavy atom. The maximum Gasteiger partial charge on any atom is 0.160 e. The molecule has 0 aromatic heterocycles. The van der Waals surface area contributed by atoms with Gasteiger partial charge in [-0.25, -0.2) is 0 Å². The number of aliphatic hydroxyl groups is 1. The van der Waals surface area contributed by atoms with Crippen molar-refractivity contribution in [2.75, 3.05) is 0 Å². The first-order valence-electron chi connectivity index (χ1n) is 13.9. The third kappa shape index (κ3) is 2.74. The highest BCUT2D eigenvalue weighted by Gasteiger charge is 2.69. The van der Waals surface area contributed by atoms with E-state index in [-0.39, 0.29) is 27.8 Å². The van der Waals surface area contributed by atoms with E-state index in [4.69, 9.17) is 0 Å². The lowest BCUT2D eigenvalue weighted by atomic mass is 9.33. The van der Waals surface area contributed by atoms with Crippen LogP contribution in [0, 0.1) is 50.7 Å². The average molecular weight is 453 g/mol. The number of allylic oxidation sites excluding steroid dienone is 3. The fourth-order valence-electron chi connectivity index (χ4n) is 10.9. The molecule has 0 saturated heterocycles. The van der Waals surface area contributed by atoms with Gasteiger partial charge in [-0.3, -0.25) is 4.79 Å². The van der Waals surface area contributed by atoms with Crippen LogP contribution >= 0.6 is 0 Å². The first-order chi connectivity index (χ1) is 15.3. The van der Waals surface area contributed by atoms with Crippen LogP contribution in [0.15, 0.2) is 23.8 Å². The highest BCUT2D eigenvalue weighted by molar-refractivity contribution is 6.01. The van der Waals surface area contributed by atoms with Crippen LogP contribution in [-0.4, -0.2) is 17.0 Å². The van der Waals surface area contributed by atoms with Gasteiger partial charge < -0.3 is 5.11 Å². The van der Waals surface area contributed by atoms with Crippen LogP contribution in [0.1, 0.15) is 106 Å². The Morgan fingerprint density at radius 1 is 0.909 bits per heavy atom. The van der Waals surface area contributed by atoms with Gasteiger partial charge in [0.15, 0.2) is 5.78 Å². The number of rotatable bonds is 2. The van der Waals surface area contributed by atoms with Crippen LogP contribution in [0.2, 0.25) is 0 Å². The molecule has 0 bridgehead atoms. The van der Waals surface area contributed by atoms with E-state index in [0.717, 1.165) is 24.8 Å². The smallest absolute Gasteiger partial charge is 0.160 e. The molecule has 0 aromatic rings. The van der Waals surface area contributed by atoms with Gasteiger partial charge in [-0.15, -0.1) is 6.58 Å². The molecule has 33 heavy (non-hydrogen) atoms. The molecular weight excluding hydrogens is 404 g/mol. The molecule has 0 spiro atoms. The van der Waals surface area contributed by atoms with Crippen molar-refractivity contribution in [3.05, 3.63) is 23.8 Å². The minimum atomic E-state index is -0.169. The molecule has 4 fully saturated rings. The third-order valence-electron chi connectivity index (χ3n) is 12.9. The van der Waals surface area contributed by atoms with E-state index in [2.05, 4.69) is 61.1 Å². The Labute approximate surface area is 202 Å². The molecule has 184 valence electrons. The number of hydrogen-bond acceptors (Lipinski definition) is 2. The van der Waals surface area contributed by atoms with Gasteiger partial charge in [0.2, 0.25) is 0 Å². The standard InChI is InChI=1S/C31H48O2/c1-9-31-17-16-29(7)20(26(31)25(19(2)3)21(32)18-31)10-11-23-28(6)14-13-24(33)27(4,5)22(28)12-15-30(23,29)8/h9,19-20,22-24,33H,1,10-18H2,2-8H3/t20-,22-,23-,24+,28+,29-,30-,31+/m1/s1. The number of carbonyl (C=O) groups excluding carboxylic acids is 1. The van der Waals surface area contributed by atoms with Gasteiger partial charge in [-0.05, 0) is 108 Å². The van der Waals surface area contributed by atoms with Crippen molar-refractivity contribution >= 4 is 5.78 Å². The first-order valence-corrected chi connectivity index (χ1v) is 13.9.